The maximum atomic E-state index is 14.1. The van der Waals surface area contributed by atoms with Crippen molar-refractivity contribution in [2.75, 3.05) is 26.0 Å². The molecule has 10 nitrogen and oxygen atoms in total. The van der Waals surface area contributed by atoms with Crippen LogP contribution in [0.5, 0.6) is 0 Å². The predicted molar refractivity (Wildman–Crippen MR) is 163 cm³/mol. The minimum Gasteiger partial charge on any atom is -0.444 e. The van der Waals surface area contributed by atoms with Gasteiger partial charge in [0, 0.05) is 39.8 Å². The zero-order chi connectivity index (χ0) is 30.0. The van der Waals surface area contributed by atoms with E-state index in [-0.39, 0.29) is 25.3 Å². The molecule has 3 aromatic heterocycles. The number of carbonyl (C=O) groups is 1. The molecule has 1 aliphatic heterocycles. The van der Waals surface area contributed by atoms with E-state index in [1.807, 2.05) is 45.2 Å². The second-order valence-corrected chi connectivity index (χ2v) is 12.1. The molecular weight excluding hydrogens is 578 g/mol. The molecule has 1 amide bonds. The van der Waals surface area contributed by atoms with Crippen LogP contribution in [-0.4, -0.2) is 73.3 Å². The average Bonchev–Trinajstić information content (AvgIpc) is 2.97. The van der Waals surface area contributed by atoms with Gasteiger partial charge in [-0.1, -0.05) is 41.6 Å². The lowest BCUT2D eigenvalue weighted by molar-refractivity contribution is -0.0472. The number of aromatic nitrogens is 4. The van der Waals surface area contributed by atoms with Crippen molar-refractivity contribution < 1.29 is 19.4 Å². The van der Waals surface area contributed by atoms with E-state index >= 15 is 0 Å². The van der Waals surface area contributed by atoms with Crippen molar-refractivity contribution in [3.05, 3.63) is 69.7 Å². The molecule has 1 atom stereocenters. The molecule has 1 unspecified atom stereocenters. The Bertz CT molecular complexity index is 1690. The maximum absolute atomic E-state index is 14.1. The smallest absolute Gasteiger partial charge is 0.410 e. The second kappa shape index (κ2) is 12.4. The number of hydrogen-bond acceptors (Lipinski definition) is 9. The van der Waals surface area contributed by atoms with Gasteiger partial charge in [0.05, 0.1) is 43.8 Å². The van der Waals surface area contributed by atoms with E-state index in [9.17, 15) is 14.7 Å². The van der Waals surface area contributed by atoms with E-state index in [1.54, 1.807) is 39.9 Å². The van der Waals surface area contributed by atoms with Gasteiger partial charge in [-0.25, -0.2) is 14.8 Å². The Morgan fingerprint density at radius 1 is 1.19 bits per heavy atom. The van der Waals surface area contributed by atoms with Crippen LogP contribution in [0, 0.1) is 0 Å². The van der Waals surface area contributed by atoms with E-state index in [1.165, 1.54) is 11.8 Å². The molecule has 1 fully saturated rings. The van der Waals surface area contributed by atoms with Gasteiger partial charge in [-0.15, -0.1) is 0 Å². The third-order valence-corrected chi connectivity index (χ3v) is 7.56. The number of amides is 1. The normalized spacial score (nSPS) is 15.7. The number of hydrogen-bond donors (Lipinski definition) is 1. The summed E-state index contributed by atoms with van der Waals surface area (Å²) in [6.07, 6.45) is 2.68. The van der Waals surface area contributed by atoms with Crippen molar-refractivity contribution in [2.45, 2.75) is 50.8 Å². The maximum Gasteiger partial charge on any atom is 0.410 e. The standard InChI is InChI=1S/C30H32ClN5O5S/c1-30(2,3)41-29(39)35-10-11-40-21(15-35)16-36-26-19(14-32-28(34-26)42-4)12-23(27(36)38)22-9-8-18(13-24(22)31)25-7-5-6-20(17-37)33-25/h5-9,12-14,21,37H,10-11,15-17H2,1-4H3. The quantitative estimate of drug-likeness (QED) is 0.237. The average molecular weight is 610 g/mol. The van der Waals surface area contributed by atoms with Crippen molar-refractivity contribution in [1.29, 1.82) is 0 Å². The first-order chi connectivity index (χ1) is 20.1. The van der Waals surface area contributed by atoms with E-state index in [2.05, 4.69) is 15.0 Å². The van der Waals surface area contributed by atoms with Crippen molar-refractivity contribution in [2.24, 2.45) is 0 Å². The molecule has 0 spiro atoms. The Morgan fingerprint density at radius 3 is 2.71 bits per heavy atom. The van der Waals surface area contributed by atoms with Crippen molar-refractivity contribution in [3.8, 4) is 22.4 Å². The first kappa shape index (κ1) is 30.0. The third kappa shape index (κ3) is 6.59. The molecule has 1 saturated heterocycles. The minimum atomic E-state index is -0.621. The molecule has 0 saturated carbocycles. The van der Waals surface area contributed by atoms with Gasteiger partial charge in [0.25, 0.3) is 5.56 Å². The zero-order valence-electron chi connectivity index (χ0n) is 23.8. The van der Waals surface area contributed by atoms with Crippen LogP contribution in [0.2, 0.25) is 5.02 Å². The molecule has 12 heteroatoms. The number of nitrogens with zero attached hydrogens (tertiary/aromatic N) is 5. The third-order valence-electron chi connectivity index (χ3n) is 6.69. The Kier molecular flexibility index (Phi) is 8.84. The molecule has 0 aliphatic carbocycles. The van der Waals surface area contributed by atoms with Crippen LogP contribution in [0.3, 0.4) is 0 Å². The number of benzene rings is 1. The summed E-state index contributed by atoms with van der Waals surface area (Å²) >= 11 is 8.14. The molecular formula is C30H32ClN5O5S. The molecule has 5 rings (SSSR count). The molecule has 4 aromatic rings. The van der Waals surface area contributed by atoms with Gasteiger partial charge in [-0.2, -0.15) is 0 Å². The Hall–Kier alpha value is -3.51. The van der Waals surface area contributed by atoms with Crippen LogP contribution >= 0.6 is 23.4 Å². The highest BCUT2D eigenvalue weighted by Gasteiger charge is 2.29. The van der Waals surface area contributed by atoms with Crippen LogP contribution in [0.4, 0.5) is 4.79 Å². The van der Waals surface area contributed by atoms with Crippen molar-refractivity contribution >= 4 is 40.5 Å². The van der Waals surface area contributed by atoms with Crippen molar-refractivity contribution in [1.82, 2.24) is 24.4 Å². The Morgan fingerprint density at radius 2 is 2.00 bits per heavy atom. The molecule has 4 heterocycles. The topological polar surface area (TPSA) is 120 Å². The SMILES string of the molecule is CSc1ncc2cc(-c3ccc(-c4cccc(CO)n4)cc3Cl)c(=O)n(CC3CN(C(=O)OC(C)(C)C)CCO3)c2n1. The number of halogens is 1. The molecule has 220 valence electrons. The van der Waals surface area contributed by atoms with Gasteiger partial charge in [-0.05, 0) is 51.3 Å². The molecule has 42 heavy (non-hydrogen) atoms. The minimum absolute atomic E-state index is 0.168. The largest absolute Gasteiger partial charge is 0.444 e. The van der Waals surface area contributed by atoms with Crippen LogP contribution in [0.25, 0.3) is 33.4 Å². The molecule has 0 bridgehead atoms. The highest BCUT2D eigenvalue weighted by molar-refractivity contribution is 7.98. The van der Waals surface area contributed by atoms with Crippen LogP contribution in [0.15, 0.2) is 58.6 Å². The van der Waals surface area contributed by atoms with Gasteiger partial charge < -0.3 is 19.5 Å². The molecule has 1 aliphatic rings. The zero-order valence-corrected chi connectivity index (χ0v) is 25.4. The Balaban J connectivity index is 1.53. The van der Waals surface area contributed by atoms with Crippen LogP contribution < -0.4 is 5.56 Å². The summed E-state index contributed by atoms with van der Waals surface area (Å²) in [4.78, 5) is 41.9. The number of rotatable bonds is 6. The molecule has 0 radical (unpaired) electrons. The van der Waals surface area contributed by atoms with E-state index in [0.29, 0.717) is 56.9 Å². The van der Waals surface area contributed by atoms with Gasteiger partial charge in [0.1, 0.15) is 11.2 Å². The number of aliphatic hydroxyl groups excluding tert-OH is 1. The monoisotopic (exact) mass is 609 g/mol. The van der Waals surface area contributed by atoms with Crippen LogP contribution in [-0.2, 0) is 22.6 Å². The summed E-state index contributed by atoms with van der Waals surface area (Å²) in [5, 5.41) is 11.0. The summed E-state index contributed by atoms with van der Waals surface area (Å²) < 4.78 is 13.1. The molecule has 1 N–H and O–H groups in total. The number of thioether (sulfide) groups is 1. The Labute approximate surface area is 252 Å². The first-order valence-corrected chi connectivity index (χ1v) is 15.1. The fourth-order valence-corrected chi connectivity index (χ4v) is 5.37. The lowest BCUT2D eigenvalue weighted by Gasteiger charge is -2.34. The highest BCUT2D eigenvalue weighted by Crippen LogP contribution is 2.32. The molecule has 1 aromatic carbocycles. The number of pyridine rings is 2. The summed E-state index contributed by atoms with van der Waals surface area (Å²) in [5.41, 5.74) is 2.46. The van der Waals surface area contributed by atoms with E-state index in [4.69, 9.17) is 21.1 Å². The highest BCUT2D eigenvalue weighted by atomic mass is 35.5. The number of ether oxygens (including phenoxy) is 2. The summed E-state index contributed by atoms with van der Waals surface area (Å²) in [6.45, 7) is 6.45. The fraction of sp³-hybridized carbons (Fsp3) is 0.367. The lowest BCUT2D eigenvalue weighted by atomic mass is 10.0. The van der Waals surface area contributed by atoms with Gasteiger partial charge >= 0.3 is 6.09 Å². The van der Waals surface area contributed by atoms with Crippen molar-refractivity contribution in [3.63, 3.8) is 0 Å². The van der Waals surface area contributed by atoms with Gasteiger partial charge in [0.2, 0.25) is 0 Å². The first-order valence-electron chi connectivity index (χ1n) is 13.5. The van der Waals surface area contributed by atoms with Gasteiger partial charge in [0.15, 0.2) is 5.16 Å². The summed E-state index contributed by atoms with van der Waals surface area (Å²) in [7, 11) is 0. The number of carbonyl (C=O) groups excluding carboxylic acids is 1. The predicted octanol–water partition coefficient (Wildman–Crippen LogP) is 5.02. The lowest BCUT2D eigenvalue weighted by Crippen LogP contribution is -2.49. The summed E-state index contributed by atoms with van der Waals surface area (Å²) in [5.74, 6) is 0. The number of morpholine rings is 1. The van der Waals surface area contributed by atoms with E-state index in [0.717, 1.165) is 5.56 Å². The van der Waals surface area contributed by atoms with Crippen LogP contribution in [0.1, 0.15) is 26.5 Å². The van der Waals surface area contributed by atoms with E-state index < -0.39 is 17.8 Å². The number of fused-ring (bicyclic) bond motifs is 1. The number of aliphatic hydroxyl groups is 1. The van der Waals surface area contributed by atoms with Gasteiger partial charge in [-0.3, -0.25) is 14.3 Å². The second-order valence-electron chi connectivity index (χ2n) is 10.9. The summed E-state index contributed by atoms with van der Waals surface area (Å²) in [6, 6.07) is 12.5. The fourth-order valence-electron chi connectivity index (χ4n) is 4.75.